The van der Waals surface area contributed by atoms with Crippen molar-refractivity contribution in [3.63, 3.8) is 0 Å². The van der Waals surface area contributed by atoms with Crippen molar-refractivity contribution in [1.82, 2.24) is 14.5 Å². The van der Waals surface area contributed by atoms with Crippen molar-refractivity contribution in [1.29, 1.82) is 5.26 Å². The lowest BCUT2D eigenvalue weighted by molar-refractivity contribution is 0.398. The summed E-state index contributed by atoms with van der Waals surface area (Å²) < 4.78 is 6.86. The quantitative estimate of drug-likeness (QED) is 0.444. The normalized spacial score (nSPS) is 13.0. The third-order valence-electron chi connectivity index (χ3n) is 6.05. The molecule has 7 heteroatoms. The van der Waals surface area contributed by atoms with Crippen LogP contribution in [0.1, 0.15) is 18.5 Å². The van der Waals surface area contributed by atoms with Gasteiger partial charge in [-0.1, -0.05) is 12.1 Å². The van der Waals surface area contributed by atoms with E-state index in [1.807, 2.05) is 30.3 Å². The van der Waals surface area contributed by atoms with Crippen molar-refractivity contribution >= 4 is 22.4 Å². The van der Waals surface area contributed by atoms with Gasteiger partial charge in [-0.15, -0.1) is 0 Å². The Balaban J connectivity index is 1.68. The summed E-state index contributed by atoms with van der Waals surface area (Å²) in [6.07, 6.45) is 4.05. The van der Waals surface area contributed by atoms with Crippen LogP contribution in [0.4, 0.5) is 11.4 Å². The van der Waals surface area contributed by atoms with Crippen molar-refractivity contribution in [2.75, 3.05) is 18.6 Å². The zero-order valence-electron chi connectivity index (χ0n) is 18.5. The maximum atomic E-state index is 12.8. The zero-order chi connectivity index (χ0) is 22.9. The van der Waals surface area contributed by atoms with Crippen LogP contribution in [-0.2, 0) is 7.05 Å². The minimum atomic E-state index is -0.111. The van der Waals surface area contributed by atoms with Crippen molar-refractivity contribution in [2.24, 2.45) is 13.0 Å². The number of anilines is 2. The summed E-state index contributed by atoms with van der Waals surface area (Å²) >= 11 is 0. The van der Waals surface area contributed by atoms with Crippen molar-refractivity contribution in [3.8, 4) is 23.1 Å². The Labute approximate surface area is 191 Å². The summed E-state index contributed by atoms with van der Waals surface area (Å²) in [5, 5.41) is 9.42. The van der Waals surface area contributed by atoms with Crippen molar-refractivity contribution in [2.45, 2.75) is 12.8 Å². The van der Waals surface area contributed by atoms with Crippen LogP contribution in [0.3, 0.4) is 0 Å². The number of fused-ring (bicyclic) bond motifs is 1. The van der Waals surface area contributed by atoms with Gasteiger partial charge in [0.15, 0.2) is 0 Å². The lowest BCUT2D eigenvalue weighted by Gasteiger charge is -2.27. The first-order chi connectivity index (χ1) is 16.1. The molecule has 0 aliphatic heterocycles. The Hall–Kier alpha value is -4.18. The minimum absolute atomic E-state index is 0.111. The Bertz CT molecular complexity index is 1450. The highest BCUT2D eigenvalue weighted by Gasteiger charge is 2.27. The second kappa shape index (κ2) is 8.40. The molecule has 1 aliphatic carbocycles. The number of aromatic nitrogens is 3. The smallest absolute Gasteiger partial charge is 0.252 e. The average molecular weight is 438 g/mol. The molecular weight excluding hydrogens is 414 g/mol. The molecule has 4 aromatic rings. The van der Waals surface area contributed by atoms with Crippen LogP contribution in [0, 0.1) is 17.2 Å². The van der Waals surface area contributed by atoms with E-state index in [-0.39, 0.29) is 5.56 Å². The van der Waals surface area contributed by atoms with Gasteiger partial charge in [0.05, 0.1) is 18.3 Å². The van der Waals surface area contributed by atoms with Gasteiger partial charge in [0.1, 0.15) is 17.3 Å². The molecule has 0 spiro atoms. The number of methoxy groups -OCH3 is 1. The number of hydrogen-bond acceptors (Lipinski definition) is 6. The number of hydrogen-bond donors (Lipinski definition) is 0. The SMILES string of the molecule is COc1cc(-c2cccc(N(CC3CC3)c3cc(=O)n(C)c4ccc(C#N)nc34)c2)ccn1. The van der Waals surface area contributed by atoms with Gasteiger partial charge in [-0.25, -0.2) is 9.97 Å². The predicted octanol–water partition coefficient (Wildman–Crippen LogP) is 4.42. The van der Waals surface area contributed by atoms with Crippen LogP contribution in [-0.4, -0.2) is 28.2 Å². The zero-order valence-corrected chi connectivity index (χ0v) is 18.5. The first-order valence-corrected chi connectivity index (χ1v) is 10.9. The molecule has 1 saturated carbocycles. The monoisotopic (exact) mass is 437 g/mol. The molecule has 3 aromatic heterocycles. The Morgan fingerprint density at radius 3 is 2.73 bits per heavy atom. The number of rotatable bonds is 6. The van der Waals surface area contributed by atoms with Gasteiger partial charge in [0.25, 0.3) is 5.56 Å². The Morgan fingerprint density at radius 1 is 1.15 bits per heavy atom. The van der Waals surface area contributed by atoms with Gasteiger partial charge in [0.2, 0.25) is 5.88 Å². The largest absolute Gasteiger partial charge is 0.481 e. The van der Waals surface area contributed by atoms with Crippen molar-refractivity contribution < 1.29 is 4.74 Å². The van der Waals surface area contributed by atoms with E-state index in [4.69, 9.17) is 4.74 Å². The molecule has 33 heavy (non-hydrogen) atoms. The molecule has 0 N–H and O–H groups in total. The summed E-state index contributed by atoms with van der Waals surface area (Å²) in [6.45, 7) is 0.782. The highest BCUT2D eigenvalue weighted by Crippen LogP contribution is 2.38. The topological polar surface area (TPSA) is 84.0 Å². The molecule has 164 valence electrons. The highest BCUT2D eigenvalue weighted by molar-refractivity contribution is 5.91. The number of nitrogens with zero attached hydrogens (tertiary/aromatic N) is 5. The molecule has 1 aromatic carbocycles. The first kappa shape index (κ1) is 20.7. The number of pyridine rings is 3. The summed E-state index contributed by atoms with van der Waals surface area (Å²) in [7, 11) is 3.33. The Kier molecular flexibility index (Phi) is 5.27. The molecular formula is C26H23N5O2. The van der Waals surface area contributed by atoms with E-state index in [2.05, 4.69) is 27.0 Å². The van der Waals surface area contributed by atoms with Crippen LogP contribution in [0.5, 0.6) is 5.88 Å². The van der Waals surface area contributed by atoms with E-state index in [1.54, 1.807) is 43.1 Å². The number of benzene rings is 1. The van der Waals surface area contributed by atoms with Gasteiger partial charge in [-0.3, -0.25) is 4.79 Å². The van der Waals surface area contributed by atoms with Crippen LogP contribution < -0.4 is 15.2 Å². The minimum Gasteiger partial charge on any atom is -0.481 e. The third kappa shape index (κ3) is 4.03. The molecule has 1 fully saturated rings. The van der Waals surface area contributed by atoms with Gasteiger partial charge in [-0.2, -0.15) is 5.26 Å². The van der Waals surface area contributed by atoms with Gasteiger partial charge >= 0.3 is 0 Å². The molecule has 0 radical (unpaired) electrons. The summed E-state index contributed by atoms with van der Waals surface area (Å²) in [6, 6.07) is 19.2. The number of aryl methyl sites for hydroxylation is 1. The predicted molar refractivity (Wildman–Crippen MR) is 128 cm³/mol. The van der Waals surface area contributed by atoms with Crippen LogP contribution in [0.2, 0.25) is 0 Å². The van der Waals surface area contributed by atoms with Crippen molar-refractivity contribution in [3.05, 3.63) is 76.8 Å². The van der Waals surface area contributed by atoms with Gasteiger partial charge < -0.3 is 14.2 Å². The fourth-order valence-corrected chi connectivity index (χ4v) is 4.04. The second-order valence-corrected chi connectivity index (χ2v) is 8.29. The number of nitriles is 1. The van der Waals surface area contributed by atoms with E-state index < -0.39 is 0 Å². The first-order valence-electron chi connectivity index (χ1n) is 10.9. The van der Waals surface area contributed by atoms with E-state index in [9.17, 15) is 10.1 Å². The second-order valence-electron chi connectivity index (χ2n) is 8.29. The highest BCUT2D eigenvalue weighted by atomic mass is 16.5. The summed E-state index contributed by atoms with van der Waals surface area (Å²) in [5.41, 5.74) is 5.27. The fraction of sp³-hybridized carbons (Fsp3) is 0.231. The molecule has 1 aliphatic rings. The van der Waals surface area contributed by atoms with E-state index >= 15 is 0 Å². The average Bonchev–Trinajstić information content (AvgIpc) is 3.69. The van der Waals surface area contributed by atoms with E-state index in [1.165, 1.54) is 0 Å². The molecule has 3 heterocycles. The van der Waals surface area contributed by atoms with Gasteiger partial charge in [0, 0.05) is 37.6 Å². The molecule has 0 bridgehead atoms. The van der Waals surface area contributed by atoms with Crippen LogP contribution in [0.15, 0.2) is 65.6 Å². The molecule has 0 saturated heterocycles. The van der Waals surface area contributed by atoms with E-state index in [0.29, 0.717) is 28.5 Å². The molecule has 5 rings (SSSR count). The summed E-state index contributed by atoms with van der Waals surface area (Å²) in [5.74, 6) is 1.12. The van der Waals surface area contributed by atoms with Gasteiger partial charge in [-0.05, 0) is 60.2 Å². The summed E-state index contributed by atoms with van der Waals surface area (Å²) in [4.78, 5) is 23.8. The molecule has 0 unspecified atom stereocenters. The van der Waals surface area contributed by atoms with Crippen LogP contribution in [0.25, 0.3) is 22.2 Å². The lowest BCUT2D eigenvalue weighted by atomic mass is 10.1. The Morgan fingerprint density at radius 2 is 1.97 bits per heavy atom. The standard InChI is InChI=1S/C26H23N5O2/c1-30-22-9-8-20(15-27)29-26(22)23(14-25(30)32)31(16-17-6-7-17)21-5-3-4-18(12-21)19-10-11-28-24(13-19)33-2/h3-5,8-14,17H,6-7,16H2,1-2H3. The van der Waals surface area contributed by atoms with Crippen LogP contribution >= 0.6 is 0 Å². The molecule has 0 atom stereocenters. The molecule has 7 nitrogen and oxygen atoms in total. The fourth-order valence-electron chi connectivity index (χ4n) is 4.04. The lowest BCUT2D eigenvalue weighted by Crippen LogP contribution is -2.25. The number of ether oxygens (including phenoxy) is 1. The third-order valence-corrected chi connectivity index (χ3v) is 6.05. The maximum absolute atomic E-state index is 12.8. The maximum Gasteiger partial charge on any atom is 0.252 e. The molecule has 0 amide bonds. The van der Waals surface area contributed by atoms with E-state index in [0.717, 1.165) is 41.9 Å².